The van der Waals surface area contributed by atoms with Crippen LogP contribution in [0.2, 0.25) is 0 Å². The van der Waals surface area contributed by atoms with E-state index in [1.165, 1.54) is 5.56 Å². The fraction of sp³-hybridized carbons (Fsp3) is 0.455. The maximum atomic E-state index is 5.60. The van der Waals surface area contributed by atoms with E-state index in [4.69, 9.17) is 14.2 Å². The van der Waals surface area contributed by atoms with Crippen molar-refractivity contribution in [2.24, 2.45) is 0 Å². The molecule has 0 N–H and O–H groups in total. The van der Waals surface area contributed by atoms with Gasteiger partial charge in [0.05, 0.1) is 13.2 Å². The SMILES string of the molecule is c1ccc(CO[C@@H]2OC[C@@H]3O[C@H]23)cc1. The molecule has 0 radical (unpaired) electrons. The van der Waals surface area contributed by atoms with E-state index in [0.29, 0.717) is 19.3 Å². The molecule has 1 aromatic rings. The Morgan fingerprint density at radius 1 is 1.29 bits per heavy atom. The summed E-state index contributed by atoms with van der Waals surface area (Å²) in [7, 11) is 0. The molecule has 0 aromatic heterocycles. The lowest BCUT2D eigenvalue weighted by Gasteiger charge is -2.12. The number of ether oxygens (including phenoxy) is 3. The van der Waals surface area contributed by atoms with Gasteiger partial charge in [0.25, 0.3) is 0 Å². The van der Waals surface area contributed by atoms with Crippen molar-refractivity contribution >= 4 is 0 Å². The Bertz CT molecular complexity index is 312. The number of epoxide rings is 1. The number of benzene rings is 1. The molecule has 0 amide bonds. The van der Waals surface area contributed by atoms with Crippen molar-refractivity contribution in [1.29, 1.82) is 0 Å². The Balaban J connectivity index is 1.54. The van der Waals surface area contributed by atoms with Crippen LogP contribution in [0.5, 0.6) is 0 Å². The summed E-state index contributed by atoms with van der Waals surface area (Å²) in [5.41, 5.74) is 1.17. The molecule has 3 nitrogen and oxygen atoms in total. The molecule has 3 atom stereocenters. The molecule has 2 saturated heterocycles. The van der Waals surface area contributed by atoms with Crippen LogP contribution in [0, 0.1) is 0 Å². The van der Waals surface area contributed by atoms with Gasteiger partial charge in [-0.25, -0.2) is 0 Å². The third-order valence-corrected chi connectivity index (χ3v) is 2.57. The summed E-state index contributed by atoms with van der Waals surface area (Å²) in [6.07, 6.45) is 0.342. The smallest absolute Gasteiger partial charge is 0.186 e. The lowest BCUT2D eigenvalue weighted by Crippen LogP contribution is -2.18. The van der Waals surface area contributed by atoms with E-state index in [1.54, 1.807) is 0 Å². The summed E-state index contributed by atoms with van der Waals surface area (Å²) in [6, 6.07) is 10.1. The van der Waals surface area contributed by atoms with Crippen molar-refractivity contribution in [3.8, 4) is 0 Å². The van der Waals surface area contributed by atoms with Gasteiger partial charge in [0.2, 0.25) is 0 Å². The largest absolute Gasteiger partial charge is 0.362 e. The molecule has 1 aromatic carbocycles. The summed E-state index contributed by atoms with van der Waals surface area (Å²) in [5, 5.41) is 0. The number of rotatable bonds is 3. The Labute approximate surface area is 82.6 Å². The van der Waals surface area contributed by atoms with Crippen LogP contribution in [0.15, 0.2) is 30.3 Å². The van der Waals surface area contributed by atoms with E-state index in [-0.39, 0.29) is 12.4 Å². The molecule has 14 heavy (non-hydrogen) atoms. The molecule has 2 aliphatic heterocycles. The summed E-state index contributed by atoms with van der Waals surface area (Å²) >= 11 is 0. The van der Waals surface area contributed by atoms with Crippen molar-refractivity contribution in [3.63, 3.8) is 0 Å². The fourth-order valence-corrected chi connectivity index (χ4v) is 1.71. The normalized spacial score (nSPS) is 34.1. The van der Waals surface area contributed by atoms with Crippen LogP contribution < -0.4 is 0 Å². The topological polar surface area (TPSA) is 31.0 Å². The molecule has 0 aliphatic carbocycles. The van der Waals surface area contributed by atoms with E-state index in [0.717, 1.165) is 0 Å². The Morgan fingerprint density at radius 3 is 2.79 bits per heavy atom. The first-order valence-electron chi connectivity index (χ1n) is 4.86. The van der Waals surface area contributed by atoms with Gasteiger partial charge >= 0.3 is 0 Å². The zero-order chi connectivity index (χ0) is 9.38. The van der Waals surface area contributed by atoms with Crippen molar-refractivity contribution in [2.45, 2.75) is 25.1 Å². The second kappa shape index (κ2) is 3.35. The minimum Gasteiger partial charge on any atom is -0.362 e. The van der Waals surface area contributed by atoms with Crippen LogP contribution in [0.3, 0.4) is 0 Å². The molecule has 2 aliphatic rings. The second-order valence-electron chi connectivity index (χ2n) is 3.64. The lowest BCUT2D eigenvalue weighted by molar-refractivity contribution is -0.153. The zero-order valence-corrected chi connectivity index (χ0v) is 7.76. The van der Waals surface area contributed by atoms with Crippen LogP contribution in [0.4, 0.5) is 0 Å². The van der Waals surface area contributed by atoms with Crippen molar-refractivity contribution in [2.75, 3.05) is 6.61 Å². The van der Waals surface area contributed by atoms with Gasteiger partial charge in [0.1, 0.15) is 12.2 Å². The Hall–Kier alpha value is -0.900. The molecular weight excluding hydrogens is 180 g/mol. The van der Waals surface area contributed by atoms with Gasteiger partial charge in [-0.05, 0) is 5.56 Å². The predicted molar refractivity (Wildman–Crippen MR) is 49.6 cm³/mol. The number of fused-ring (bicyclic) bond motifs is 1. The highest BCUT2D eigenvalue weighted by Crippen LogP contribution is 2.34. The van der Waals surface area contributed by atoms with Crippen molar-refractivity contribution in [1.82, 2.24) is 0 Å². The lowest BCUT2D eigenvalue weighted by atomic mass is 10.2. The average molecular weight is 192 g/mol. The molecule has 74 valence electrons. The highest BCUT2D eigenvalue weighted by atomic mass is 16.8. The van der Waals surface area contributed by atoms with Gasteiger partial charge in [-0.2, -0.15) is 0 Å². The zero-order valence-electron chi connectivity index (χ0n) is 7.76. The number of hydrogen-bond donors (Lipinski definition) is 0. The first-order chi connectivity index (χ1) is 6.93. The second-order valence-corrected chi connectivity index (χ2v) is 3.64. The van der Waals surface area contributed by atoms with Gasteiger partial charge in [-0.3, -0.25) is 0 Å². The molecule has 3 rings (SSSR count). The minimum absolute atomic E-state index is 0.153. The summed E-state index contributed by atoms with van der Waals surface area (Å²) < 4.78 is 16.3. The molecule has 0 saturated carbocycles. The van der Waals surface area contributed by atoms with E-state index in [9.17, 15) is 0 Å². The van der Waals surface area contributed by atoms with Crippen LogP contribution >= 0.6 is 0 Å². The van der Waals surface area contributed by atoms with Crippen LogP contribution in [-0.2, 0) is 20.8 Å². The first kappa shape index (κ1) is 8.41. The molecule has 3 heteroatoms. The third kappa shape index (κ3) is 1.54. The summed E-state index contributed by atoms with van der Waals surface area (Å²) in [5.74, 6) is 0. The standard InChI is InChI=1S/C11H12O3/c1-2-4-8(5-3-1)6-12-11-10-9(14-10)7-13-11/h1-5,9-11H,6-7H2/t9-,10-,11+/m0/s1. The van der Waals surface area contributed by atoms with Crippen LogP contribution in [0.25, 0.3) is 0 Å². The summed E-state index contributed by atoms with van der Waals surface area (Å²) in [4.78, 5) is 0. The van der Waals surface area contributed by atoms with E-state index in [1.807, 2.05) is 30.3 Å². The molecule has 0 bridgehead atoms. The molecular formula is C11H12O3. The van der Waals surface area contributed by atoms with Gasteiger partial charge in [-0.1, -0.05) is 30.3 Å². The van der Waals surface area contributed by atoms with E-state index in [2.05, 4.69) is 0 Å². The van der Waals surface area contributed by atoms with Crippen LogP contribution in [0.1, 0.15) is 5.56 Å². The Morgan fingerprint density at radius 2 is 2.14 bits per heavy atom. The molecule has 2 heterocycles. The van der Waals surface area contributed by atoms with Crippen molar-refractivity contribution in [3.05, 3.63) is 35.9 Å². The highest BCUT2D eigenvalue weighted by Gasteiger charge is 2.52. The minimum atomic E-state index is -0.153. The fourth-order valence-electron chi connectivity index (χ4n) is 1.71. The van der Waals surface area contributed by atoms with Gasteiger partial charge in [0, 0.05) is 0 Å². The van der Waals surface area contributed by atoms with E-state index >= 15 is 0 Å². The Kier molecular flexibility index (Phi) is 2.01. The quantitative estimate of drug-likeness (QED) is 0.677. The first-order valence-corrected chi connectivity index (χ1v) is 4.86. The third-order valence-electron chi connectivity index (χ3n) is 2.57. The maximum absolute atomic E-state index is 5.60. The molecule has 2 fully saturated rings. The number of hydrogen-bond acceptors (Lipinski definition) is 3. The highest BCUT2D eigenvalue weighted by molar-refractivity contribution is 5.13. The maximum Gasteiger partial charge on any atom is 0.186 e. The molecule has 0 spiro atoms. The van der Waals surface area contributed by atoms with Gasteiger partial charge in [0.15, 0.2) is 6.29 Å². The monoisotopic (exact) mass is 192 g/mol. The van der Waals surface area contributed by atoms with Crippen molar-refractivity contribution < 1.29 is 14.2 Å². The summed E-state index contributed by atoms with van der Waals surface area (Å²) in [6.45, 7) is 1.28. The average Bonchev–Trinajstić information content (AvgIpc) is 2.92. The molecule has 0 unspecified atom stereocenters. The van der Waals surface area contributed by atoms with Crippen LogP contribution in [-0.4, -0.2) is 25.1 Å². The van der Waals surface area contributed by atoms with E-state index < -0.39 is 0 Å². The predicted octanol–water partition coefficient (Wildman–Crippen LogP) is 1.33. The van der Waals surface area contributed by atoms with Gasteiger partial charge < -0.3 is 14.2 Å². The van der Waals surface area contributed by atoms with Gasteiger partial charge in [-0.15, -0.1) is 0 Å².